The van der Waals surface area contributed by atoms with Gasteiger partial charge in [0, 0.05) is 40.8 Å². The van der Waals surface area contributed by atoms with E-state index in [-0.39, 0.29) is 35.0 Å². The first-order chi connectivity index (χ1) is 20.1. The molecule has 0 saturated carbocycles. The summed E-state index contributed by atoms with van der Waals surface area (Å²) in [4.78, 5) is 27.4. The number of methoxy groups -OCH3 is 1. The average Bonchev–Trinajstić information content (AvgIpc) is 2.95. The zero-order chi connectivity index (χ0) is 30.0. The molecule has 2 N–H and O–H groups in total. The van der Waals surface area contributed by atoms with Gasteiger partial charge in [-0.15, -0.1) is 13.2 Å². The number of Topliss-reactive ketones (excluding diaryl/α,β-unsaturated/α-hetero) is 1. The molecular weight excluding hydrogens is 551 g/mol. The van der Waals surface area contributed by atoms with Crippen LogP contribution in [-0.4, -0.2) is 30.3 Å². The molecule has 2 aliphatic rings. The smallest absolute Gasteiger partial charge is 0.508 e. The fraction of sp³-hybridized carbons (Fsp3) is 0.250. The van der Waals surface area contributed by atoms with Crippen molar-refractivity contribution in [3.05, 3.63) is 112 Å². The van der Waals surface area contributed by atoms with E-state index in [0.717, 1.165) is 11.6 Å². The van der Waals surface area contributed by atoms with Crippen molar-refractivity contribution in [1.82, 2.24) is 5.32 Å². The number of esters is 1. The second-order valence-corrected chi connectivity index (χ2v) is 10.1. The number of alkyl halides is 3. The number of aromatic hydroxyl groups is 1. The Morgan fingerprint density at radius 3 is 2.43 bits per heavy atom. The number of para-hydroxylation sites is 2. The number of hydrogen-bond acceptors (Lipinski definition) is 7. The highest BCUT2D eigenvalue weighted by molar-refractivity contribution is 6.04. The molecule has 3 aromatic carbocycles. The van der Waals surface area contributed by atoms with Crippen LogP contribution in [0.4, 0.5) is 13.2 Å². The number of carbonyl (C=O) groups excluding carboxylic acids is 2. The lowest BCUT2D eigenvalue weighted by Crippen LogP contribution is -2.36. The molecule has 3 aromatic rings. The first-order valence-electron chi connectivity index (χ1n) is 13.2. The van der Waals surface area contributed by atoms with Crippen LogP contribution >= 0.6 is 0 Å². The lowest BCUT2D eigenvalue weighted by atomic mass is 9.71. The van der Waals surface area contributed by atoms with Crippen molar-refractivity contribution in [3.63, 3.8) is 0 Å². The van der Waals surface area contributed by atoms with Crippen LogP contribution in [0.3, 0.4) is 0 Å². The number of ketones is 1. The Hall–Kier alpha value is -4.73. The third kappa shape index (κ3) is 5.97. The summed E-state index contributed by atoms with van der Waals surface area (Å²) in [6.07, 6.45) is -4.28. The fourth-order valence-corrected chi connectivity index (χ4v) is 5.64. The summed E-state index contributed by atoms with van der Waals surface area (Å²) in [6, 6.07) is 19.1. The molecular formula is C32H28F3NO6. The van der Waals surface area contributed by atoms with Gasteiger partial charge in [0.25, 0.3) is 0 Å². The van der Waals surface area contributed by atoms with Crippen LogP contribution in [0.1, 0.15) is 48.3 Å². The first-order valence-corrected chi connectivity index (χ1v) is 13.2. The Labute approximate surface area is 240 Å². The normalized spacial score (nSPS) is 18.7. The van der Waals surface area contributed by atoms with E-state index in [1.807, 2.05) is 24.3 Å². The summed E-state index contributed by atoms with van der Waals surface area (Å²) in [5.74, 6) is -1.90. The molecule has 1 aliphatic heterocycles. The van der Waals surface area contributed by atoms with Gasteiger partial charge in [-0.2, -0.15) is 0 Å². The van der Waals surface area contributed by atoms with E-state index >= 15 is 0 Å². The highest BCUT2D eigenvalue weighted by Gasteiger charge is 2.42. The summed E-state index contributed by atoms with van der Waals surface area (Å²) in [5.41, 5.74) is 2.99. The molecule has 42 heavy (non-hydrogen) atoms. The van der Waals surface area contributed by atoms with E-state index in [1.165, 1.54) is 30.3 Å². The van der Waals surface area contributed by atoms with Crippen LogP contribution in [-0.2, 0) is 20.9 Å². The number of dihydropyridines is 1. The highest BCUT2D eigenvalue weighted by Crippen LogP contribution is 2.47. The molecule has 0 amide bonds. The molecule has 0 saturated heterocycles. The maximum Gasteiger partial charge on any atom is 0.573 e. The minimum absolute atomic E-state index is 0.0207. The van der Waals surface area contributed by atoms with E-state index in [1.54, 1.807) is 26.2 Å². The SMILES string of the molecule is COc1ccccc1C1CC(=O)C2=C(C1)NC(C)=C(C(=O)OCc1ccccc1OC(F)(F)F)C2c1cccc(O)c1. The zero-order valence-electron chi connectivity index (χ0n) is 22.8. The lowest BCUT2D eigenvalue weighted by molar-refractivity contribution is -0.275. The molecule has 0 spiro atoms. The monoisotopic (exact) mass is 579 g/mol. The van der Waals surface area contributed by atoms with E-state index in [2.05, 4.69) is 10.1 Å². The van der Waals surface area contributed by atoms with Crippen LogP contribution in [0.2, 0.25) is 0 Å². The van der Waals surface area contributed by atoms with Crippen molar-refractivity contribution in [2.75, 3.05) is 7.11 Å². The topological polar surface area (TPSA) is 94.1 Å². The van der Waals surface area contributed by atoms with Gasteiger partial charge in [-0.1, -0.05) is 48.5 Å². The molecule has 5 rings (SSSR count). The quantitative estimate of drug-likeness (QED) is 0.313. The molecule has 2 unspecified atom stereocenters. The maximum absolute atomic E-state index is 13.8. The second kappa shape index (κ2) is 11.6. The van der Waals surface area contributed by atoms with Crippen molar-refractivity contribution in [2.45, 2.75) is 44.6 Å². The third-order valence-corrected chi connectivity index (χ3v) is 7.39. The second-order valence-electron chi connectivity index (χ2n) is 10.1. The number of carbonyl (C=O) groups is 2. The van der Waals surface area contributed by atoms with Crippen LogP contribution in [0.15, 0.2) is 95.3 Å². The molecule has 0 fully saturated rings. The van der Waals surface area contributed by atoms with Gasteiger partial charge in [0.05, 0.1) is 12.7 Å². The summed E-state index contributed by atoms with van der Waals surface area (Å²) < 4.78 is 53.8. The molecule has 2 atom stereocenters. The van der Waals surface area contributed by atoms with Gasteiger partial charge in [0.15, 0.2) is 5.78 Å². The minimum Gasteiger partial charge on any atom is -0.508 e. The van der Waals surface area contributed by atoms with Gasteiger partial charge in [-0.3, -0.25) is 4.79 Å². The van der Waals surface area contributed by atoms with E-state index < -0.39 is 30.6 Å². The Morgan fingerprint density at radius 2 is 1.71 bits per heavy atom. The molecule has 1 heterocycles. The van der Waals surface area contributed by atoms with Gasteiger partial charge in [0.2, 0.25) is 0 Å². The number of allylic oxidation sites excluding steroid dienone is 3. The Bertz CT molecular complexity index is 1590. The lowest BCUT2D eigenvalue weighted by Gasteiger charge is -2.37. The van der Waals surface area contributed by atoms with E-state index in [9.17, 15) is 27.9 Å². The highest BCUT2D eigenvalue weighted by atomic mass is 19.4. The van der Waals surface area contributed by atoms with Crippen LogP contribution in [0, 0.1) is 0 Å². The molecule has 0 radical (unpaired) electrons. The number of benzene rings is 3. The van der Waals surface area contributed by atoms with Crippen molar-refractivity contribution in [1.29, 1.82) is 0 Å². The van der Waals surface area contributed by atoms with Crippen molar-refractivity contribution >= 4 is 11.8 Å². The number of hydrogen-bond donors (Lipinski definition) is 2. The van der Waals surface area contributed by atoms with Gasteiger partial charge in [-0.05, 0) is 48.7 Å². The first kappa shape index (κ1) is 28.8. The number of phenolic OH excluding ortho intramolecular Hbond substituents is 1. The zero-order valence-corrected chi connectivity index (χ0v) is 22.8. The Balaban J connectivity index is 1.49. The third-order valence-electron chi connectivity index (χ3n) is 7.39. The van der Waals surface area contributed by atoms with Gasteiger partial charge in [0.1, 0.15) is 23.9 Å². The predicted molar refractivity (Wildman–Crippen MR) is 147 cm³/mol. The minimum atomic E-state index is -4.92. The molecule has 218 valence electrons. The standard InChI is InChI=1S/C32H28F3NO6/c1-18-28(31(39)41-17-20-8-3-5-12-26(20)42-32(33,34)35)29(19-9-7-10-22(37)14-19)30-24(36-18)15-21(16-25(30)38)23-11-4-6-13-27(23)40-2/h3-14,21,29,36-37H,15-17H2,1-2H3. The molecule has 7 nitrogen and oxygen atoms in total. The van der Waals surface area contributed by atoms with Crippen molar-refractivity contribution in [3.8, 4) is 17.2 Å². The van der Waals surface area contributed by atoms with Crippen molar-refractivity contribution < 1.29 is 42.1 Å². The average molecular weight is 580 g/mol. The summed E-state index contributed by atoms with van der Waals surface area (Å²) in [6.45, 7) is 1.18. The summed E-state index contributed by atoms with van der Waals surface area (Å²) >= 11 is 0. The van der Waals surface area contributed by atoms with E-state index in [0.29, 0.717) is 34.7 Å². The number of nitrogens with one attached hydrogen (secondary N) is 1. The number of ether oxygens (including phenoxy) is 3. The maximum atomic E-state index is 13.8. The van der Waals surface area contributed by atoms with E-state index in [4.69, 9.17) is 9.47 Å². The van der Waals surface area contributed by atoms with Crippen LogP contribution in [0.25, 0.3) is 0 Å². The van der Waals surface area contributed by atoms with Gasteiger partial charge in [-0.25, -0.2) is 4.79 Å². The fourth-order valence-electron chi connectivity index (χ4n) is 5.64. The largest absolute Gasteiger partial charge is 0.573 e. The van der Waals surface area contributed by atoms with Gasteiger partial charge >= 0.3 is 12.3 Å². The predicted octanol–water partition coefficient (Wildman–Crippen LogP) is 6.40. The molecule has 10 heteroatoms. The summed E-state index contributed by atoms with van der Waals surface area (Å²) in [5, 5.41) is 13.5. The van der Waals surface area contributed by atoms with Crippen LogP contribution in [0.5, 0.6) is 17.2 Å². The number of phenols is 1. The Kier molecular flexibility index (Phi) is 7.98. The number of halogens is 3. The van der Waals surface area contributed by atoms with Crippen molar-refractivity contribution in [2.24, 2.45) is 0 Å². The molecule has 1 aliphatic carbocycles. The van der Waals surface area contributed by atoms with Crippen LogP contribution < -0.4 is 14.8 Å². The molecule has 0 aromatic heterocycles. The number of rotatable bonds is 7. The van der Waals surface area contributed by atoms with Gasteiger partial charge < -0.3 is 24.6 Å². The molecule has 0 bridgehead atoms. The summed E-state index contributed by atoms with van der Waals surface area (Å²) in [7, 11) is 1.57. The Morgan fingerprint density at radius 1 is 1.00 bits per heavy atom.